The van der Waals surface area contributed by atoms with E-state index in [1.54, 1.807) is 24.3 Å². The molecule has 0 saturated heterocycles. The predicted octanol–water partition coefficient (Wildman–Crippen LogP) is 4.78. The lowest BCUT2D eigenvalue weighted by Gasteiger charge is -2.08. The summed E-state index contributed by atoms with van der Waals surface area (Å²) in [7, 11) is 0. The van der Waals surface area contributed by atoms with E-state index >= 15 is 0 Å². The van der Waals surface area contributed by atoms with Gasteiger partial charge in [-0.2, -0.15) is 0 Å². The molecule has 2 aromatic carbocycles. The number of rotatable bonds is 4. The first kappa shape index (κ1) is 17.1. The van der Waals surface area contributed by atoms with E-state index in [1.807, 2.05) is 25.1 Å². The van der Waals surface area contributed by atoms with Crippen molar-refractivity contribution < 1.29 is 9.18 Å². The van der Waals surface area contributed by atoms with Crippen molar-refractivity contribution >= 4 is 17.5 Å². The molecule has 1 heterocycles. The Morgan fingerprint density at radius 3 is 2.52 bits per heavy atom. The number of carbonyl (C=O) groups excluding carboxylic acids is 1. The van der Waals surface area contributed by atoms with Crippen molar-refractivity contribution in [2.75, 3.05) is 0 Å². The molecule has 0 spiro atoms. The molecule has 0 aliphatic carbocycles. The lowest BCUT2D eigenvalue weighted by molar-refractivity contribution is 0.0950. The minimum atomic E-state index is -0.297. The number of amides is 1. The third-order valence-corrected chi connectivity index (χ3v) is 4.17. The number of pyridine rings is 1. The van der Waals surface area contributed by atoms with Gasteiger partial charge in [0, 0.05) is 23.3 Å². The molecule has 1 N–H and O–H groups in total. The quantitative estimate of drug-likeness (QED) is 0.732. The molecule has 3 aromatic rings. The van der Waals surface area contributed by atoms with Crippen LogP contribution in [0.3, 0.4) is 0 Å². The fourth-order valence-corrected chi connectivity index (χ4v) is 2.69. The molecule has 1 amide bonds. The highest BCUT2D eigenvalue weighted by Crippen LogP contribution is 2.19. The van der Waals surface area contributed by atoms with Crippen LogP contribution in [0.1, 0.15) is 21.5 Å². The van der Waals surface area contributed by atoms with Crippen molar-refractivity contribution in [3.8, 4) is 11.3 Å². The highest BCUT2D eigenvalue weighted by molar-refractivity contribution is 6.31. The third kappa shape index (κ3) is 4.22. The molecule has 1 aromatic heterocycles. The highest BCUT2D eigenvalue weighted by atomic mass is 35.5. The molecule has 0 unspecified atom stereocenters. The number of aryl methyl sites for hydroxylation is 1. The molecule has 0 aliphatic heterocycles. The van der Waals surface area contributed by atoms with Crippen LogP contribution in [0.2, 0.25) is 5.02 Å². The summed E-state index contributed by atoms with van der Waals surface area (Å²) in [6.45, 7) is 2.31. The topological polar surface area (TPSA) is 42.0 Å². The van der Waals surface area contributed by atoms with E-state index in [1.165, 1.54) is 18.3 Å². The first-order chi connectivity index (χ1) is 12.0. The van der Waals surface area contributed by atoms with Crippen molar-refractivity contribution in [3.63, 3.8) is 0 Å². The van der Waals surface area contributed by atoms with Crippen molar-refractivity contribution in [2.45, 2.75) is 13.5 Å². The molecule has 0 saturated carbocycles. The van der Waals surface area contributed by atoms with Gasteiger partial charge >= 0.3 is 0 Å². The van der Waals surface area contributed by atoms with Gasteiger partial charge in [-0.05, 0) is 60.5 Å². The number of aromatic nitrogens is 1. The average molecular weight is 355 g/mol. The zero-order valence-corrected chi connectivity index (χ0v) is 14.3. The Morgan fingerprint density at radius 2 is 1.88 bits per heavy atom. The van der Waals surface area contributed by atoms with E-state index in [0.717, 1.165) is 16.7 Å². The van der Waals surface area contributed by atoms with E-state index in [9.17, 15) is 9.18 Å². The molecule has 3 rings (SSSR count). The molecule has 3 nitrogen and oxygen atoms in total. The Balaban J connectivity index is 1.67. The van der Waals surface area contributed by atoms with E-state index < -0.39 is 0 Å². The fraction of sp³-hybridized carbons (Fsp3) is 0.100. The molecule has 0 fully saturated rings. The molecule has 0 bridgehead atoms. The summed E-state index contributed by atoms with van der Waals surface area (Å²) in [6.07, 6.45) is 1.50. The Hall–Kier alpha value is -2.72. The molecule has 0 radical (unpaired) electrons. The van der Waals surface area contributed by atoms with E-state index in [2.05, 4.69) is 10.3 Å². The summed E-state index contributed by atoms with van der Waals surface area (Å²) in [6, 6.07) is 15.2. The van der Waals surface area contributed by atoms with Gasteiger partial charge in [0.25, 0.3) is 5.91 Å². The van der Waals surface area contributed by atoms with Crippen molar-refractivity contribution in [2.24, 2.45) is 0 Å². The maximum Gasteiger partial charge on any atom is 0.253 e. The molecule has 5 heteroatoms. The van der Waals surface area contributed by atoms with Gasteiger partial charge in [0.05, 0.1) is 11.3 Å². The third-order valence-electron chi connectivity index (χ3n) is 3.81. The van der Waals surface area contributed by atoms with Gasteiger partial charge in [-0.15, -0.1) is 0 Å². The largest absolute Gasteiger partial charge is 0.348 e. The van der Waals surface area contributed by atoms with E-state index in [0.29, 0.717) is 22.8 Å². The van der Waals surface area contributed by atoms with Crippen LogP contribution in [-0.2, 0) is 6.54 Å². The summed E-state index contributed by atoms with van der Waals surface area (Å²) in [4.78, 5) is 16.5. The molecule has 0 atom stereocenters. The summed E-state index contributed by atoms with van der Waals surface area (Å²) in [5.74, 6) is -0.524. The smallest absolute Gasteiger partial charge is 0.253 e. The molecule has 126 valence electrons. The Bertz CT molecular complexity index is 893. The maximum absolute atomic E-state index is 13.0. The first-order valence-electron chi connectivity index (χ1n) is 7.78. The van der Waals surface area contributed by atoms with E-state index in [4.69, 9.17) is 11.6 Å². The summed E-state index contributed by atoms with van der Waals surface area (Å²) in [5, 5.41) is 3.46. The number of nitrogens with one attached hydrogen (secondary N) is 1. The normalized spacial score (nSPS) is 10.5. The van der Waals surface area contributed by atoms with Crippen LogP contribution in [-0.4, -0.2) is 10.9 Å². The van der Waals surface area contributed by atoms with Crippen molar-refractivity contribution in [1.29, 1.82) is 0 Å². The van der Waals surface area contributed by atoms with Gasteiger partial charge in [0.15, 0.2) is 0 Å². The van der Waals surface area contributed by atoms with Crippen LogP contribution < -0.4 is 5.32 Å². The summed E-state index contributed by atoms with van der Waals surface area (Å²) >= 11 is 6.17. The van der Waals surface area contributed by atoms with Gasteiger partial charge in [0.2, 0.25) is 0 Å². The van der Waals surface area contributed by atoms with Gasteiger partial charge in [-0.1, -0.05) is 23.7 Å². The number of carbonyl (C=O) groups is 1. The molecule has 0 aliphatic rings. The maximum atomic E-state index is 13.0. The lowest BCUT2D eigenvalue weighted by atomic mass is 10.1. The number of hydrogen-bond acceptors (Lipinski definition) is 2. The van der Waals surface area contributed by atoms with Gasteiger partial charge in [-0.25, -0.2) is 4.39 Å². The summed E-state index contributed by atoms with van der Waals surface area (Å²) < 4.78 is 13.0. The van der Waals surface area contributed by atoms with Crippen LogP contribution in [0.4, 0.5) is 4.39 Å². The first-order valence-corrected chi connectivity index (χ1v) is 8.16. The number of nitrogens with zero attached hydrogens (tertiary/aromatic N) is 1. The van der Waals surface area contributed by atoms with E-state index in [-0.39, 0.29) is 11.7 Å². The van der Waals surface area contributed by atoms with Gasteiger partial charge in [0.1, 0.15) is 5.82 Å². The monoisotopic (exact) mass is 354 g/mol. The second-order valence-electron chi connectivity index (χ2n) is 5.72. The fourth-order valence-electron chi connectivity index (χ4n) is 2.39. The Morgan fingerprint density at radius 1 is 1.12 bits per heavy atom. The average Bonchev–Trinajstić information content (AvgIpc) is 2.61. The number of hydrogen-bond donors (Lipinski definition) is 1. The Labute approximate surface area is 150 Å². The van der Waals surface area contributed by atoms with Crippen LogP contribution in [0.5, 0.6) is 0 Å². The summed E-state index contributed by atoms with van der Waals surface area (Å²) in [5.41, 5.74) is 3.85. The second-order valence-corrected chi connectivity index (χ2v) is 6.12. The molecular formula is C20H16ClFN2O. The van der Waals surface area contributed by atoms with Crippen LogP contribution in [0.25, 0.3) is 11.3 Å². The number of benzene rings is 2. The molecular weight excluding hydrogens is 339 g/mol. The zero-order valence-electron chi connectivity index (χ0n) is 13.6. The van der Waals surface area contributed by atoms with Crippen LogP contribution >= 0.6 is 11.6 Å². The van der Waals surface area contributed by atoms with Crippen LogP contribution in [0, 0.1) is 12.7 Å². The highest BCUT2D eigenvalue weighted by Gasteiger charge is 2.08. The minimum absolute atomic E-state index is 0.227. The van der Waals surface area contributed by atoms with Gasteiger partial charge in [-0.3, -0.25) is 9.78 Å². The SMILES string of the molecule is Cc1ccc(CNC(=O)c2ccc(-c3ccc(F)cc3)nc2)c(Cl)c1. The molecule has 25 heavy (non-hydrogen) atoms. The van der Waals surface area contributed by atoms with Crippen LogP contribution in [0.15, 0.2) is 60.8 Å². The van der Waals surface area contributed by atoms with Crippen molar-refractivity contribution in [3.05, 3.63) is 88.3 Å². The predicted molar refractivity (Wildman–Crippen MR) is 97.0 cm³/mol. The zero-order chi connectivity index (χ0) is 17.8. The van der Waals surface area contributed by atoms with Gasteiger partial charge < -0.3 is 5.32 Å². The second kappa shape index (κ2) is 7.45. The standard InChI is InChI=1S/C20H16ClFN2O/c1-13-2-3-15(18(21)10-13)11-24-20(25)16-6-9-19(23-12-16)14-4-7-17(22)8-5-14/h2-10,12H,11H2,1H3,(H,24,25). The Kier molecular flexibility index (Phi) is 5.10. The lowest BCUT2D eigenvalue weighted by Crippen LogP contribution is -2.23. The van der Waals surface area contributed by atoms with Crippen molar-refractivity contribution in [1.82, 2.24) is 10.3 Å². The minimum Gasteiger partial charge on any atom is -0.348 e. The number of halogens is 2.